The second kappa shape index (κ2) is 11.0. The van der Waals surface area contributed by atoms with Gasteiger partial charge in [0.1, 0.15) is 5.82 Å². The number of carbonyl (C=O) groups is 2. The molecule has 0 spiro atoms. The van der Waals surface area contributed by atoms with Gasteiger partial charge in [-0.25, -0.2) is 9.18 Å². The molecule has 0 bridgehead atoms. The minimum Gasteiger partial charge on any atom is -0.348 e. The maximum absolute atomic E-state index is 12.9. The fourth-order valence-corrected chi connectivity index (χ4v) is 2.52. The smallest absolute Gasteiger partial charge is 0.319 e. The molecule has 0 saturated heterocycles. The van der Waals surface area contributed by atoms with Gasteiger partial charge >= 0.3 is 6.03 Å². The van der Waals surface area contributed by atoms with Crippen molar-refractivity contribution in [1.29, 1.82) is 0 Å². The van der Waals surface area contributed by atoms with Gasteiger partial charge in [-0.1, -0.05) is 38.3 Å². The van der Waals surface area contributed by atoms with Crippen LogP contribution in [0.5, 0.6) is 0 Å². The van der Waals surface area contributed by atoms with Gasteiger partial charge in [0, 0.05) is 24.3 Å². The van der Waals surface area contributed by atoms with Gasteiger partial charge in [0.15, 0.2) is 0 Å². The first-order valence-electron chi connectivity index (χ1n) is 9.26. The average molecular weight is 371 g/mol. The Morgan fingerprint density at radius 2 is 1.59 bits per heavy atom. The maximum atomic E-state index is 12.9. The summed E-state index contributed by atoms with van der Waals surface area (Å²) in [5.41, 5.74) is 1.93. The summed E-state index contributed by atoms with van der Waals surface area (Å²) in [6.07, 6.45) is 4.41. The van der Waals surface area contributed by atoms with E-state index in [2.05, 4.69) is 22.9 Å². The lowest BCUT2D eigenvalue weighted by atomic mass is 10.1. The van der Waals surface area contributed by atoms with Gasteiger partial charge < -0.3 is 16.0 Å². The number of unbranched alkanes of at least 4 members (excludes halogenated alkanes) is 3. The molecule has 0 aliphatic rings. The molecule has 0 heterocycles. The molecule has 2 aromatic carbocycles. The molecule has 0 aliphatic heterocycles. The van der Waals surface area contributed by atoms with E-state index in [1.165, 1.54) is 18.6 Å². The minimum atomic E-state index is -0.307. The summed E-state index contributed by atoms with van der Waals surface area (Å²) >= 11 is 0. The third-order valence-electron chi connectivity index (χ3n) is 4.09. The Labute approximate surface area is 159 Å². The highest BCUT2D eigenvalue weighted by molar-refractivity contribution is 5.95. The molecule has 0 unspecified atom stereocenters. The first-order chi connectivity index (χ1) is 13.1. The molecule has 6 heteroatoms. The molecule has 27 heavy (non-hydrogen) atoms. The molecule has 0 saturated carbocycles. The molecule has 2 rings (SSSR count). The predicted octanol–water partition coefficient (Wildman–Crippen LogP) is 4.46. The Balaban J connectivity index is 1.75. The van der Waals surface area contributed by atoms with Crippen molar-refractivity contribution in [2.45, 2.75) is 39.2 Å². The highest BCUT2D eigenvalue weighted by Crippen LogP contribution is 2.10. The van der Waals surface area contributed by atoms with Crippen molar-refractivity contribution < 1.29 is 14.0 Å². The van der Waals surface area contributed by atoms with Crippen LogP contribution in [0.15, 0.2) is 48.5 Å². The Morgan fingerprint density at radius 1 is 0.889 bits per heavy atom. The number of hydrogen-bond donors (Lipinski definition) is 3. The number of nitrogens with one attached hydrogen (secondary N) is 3. The summed E-state index contributed by atoms with van der Waals surface area (Å²) in [4.78, 5) is 24.0. The SMILES string of the molecule is CCCCCCNC(=O)Nc1ccc(C(=O)NCc2ccc(F)cc2)cc1. The molecule has 0 radical (unpaired) electrons. The van der Waals surface area contributed by atoms with Crippen LogP contribution in [0.2, 0.25) is 0 Å². The predicted molar refractivity (Wildman–Crippen MR) is 105 cm³/mol. The van der Waals surface area contributed by atoms with Crippen LogP contribution in [-0.2, 0) is 6.54 Å². The lowest BCUT2D eigenvalue weighted by molar-refractivity contribution is 0.0951. The lowest BCUT2D eigenvalue weighted by Crippen LogP contribution is -2.29. The molecule has 0 atom stereocenters. The third kappa shape index (κ3) is 7.48. The van der Waals surface area contributed by atoms with E-state index in [-0.39, 0.29) is 17.8 Å². The number of urea groups is 1. The normalized spacial score (nSPS) is 10.3. The molecule has 2 aromatic rings. The largest absolute Gasteiger partial charge is 0.348 e. The molecule has 0 aliphatic carbocycles. The van der Waals surface area contributed by atoms with Crippen LogP contribution in [0, 0.1) is 5.82 Å². The van der Waals surface area contributed by atoms with Crippen LogP contribution in [0.1, 0.15) is 48.5 Å². The molecule has 3 amide bonds. The van der Waals surface area contributed by atoms with Crippen LogP contribution in [0.25, 0.3) is 0 Å². The van der Waals surface area contributed by atoms with Crippen LogP contribution in [-0.4, -0.2) is 18.5 Å². The molecule has 0 aromatic heterocycles. The topological polar surface area (TPSA) is 70.2 Å². The zero-order valence-electron chi connectivity index (χ0n) is 15.6. The van der Waals surface area contributed by atoms with Crippen molar-refractivity contribution in [3.63, 3.8) is 0 Å². The zero-order chi connectivity index (χ0) is 19.5. The Kier molecular flexibility index (Phi) is 8.29. The Morgan fingerprint density at radius 3 is 2.26 bits per heavy atom. The third-order valence-corrected chi connectivity index (χ3v) is 4.09. The van der Waals surface area contributed by atoms with Crippen molar-refractivity contribution in [3.8, 4) is 0 Å². The van der Waals surface area contributed by atoms with Crippen molar-refractivity contribution >= 4 is 17.6 Å². The second-order valence-corrected chi connectivity index (χ2v) is 6.33. The number of hydrogen-bond acceptors (Lipinski definition) is 2. The minimum absolute atomic E-state index is 0.230. The highest BCUT2D eigenvalue weighted by Gasteiger charge is 2.06. The summed E-state index contributed by atoms with van der Waals surface area (Å²) in [5.74, 6) is -0.538. The fourth-order valence-electron chi connectivity index (χ4n) is 2.52. The van der Waals surface area contributed by atoms with Gasteiger partial charge in [0.25, 0.3) is 5.91 Å². The van der Waals surface area contributed by atoms with Gasteiger partial charge in [-0.05, 0) is 48.4 Å². The van der Waals surface area contributed by atoms with Crippen LogP contribution in [0.4, 0.5) is 14.9 Å². The zero-order valence-corrected chi connectivity index (χ0v) is 15.6. The van der Waals surface area contributed by atoms with E-state index >= 15 is 0 Å². The number of halogens is 1. The molecule has 3 N–H and O–H groups in total. The van der Waals surface area contributed by atoms with Crippen LogP contribution < -0.4 is 16.0 Å². The molecular formula is C21H26FN3O2. The van der Waals surface area contributed by atoms with Crippen molar-refractivity contribution in [3.05, 3.63) is 65.5 Å². The van der Waals surface area contributed by atoms with Crippen molar-refractivity contribution in [2.75, 3.05) is 11.9 Å². The summed E-state index contributed by atoms with van der Waals surface area (Å²) in [6.45, 7) is 3.11. The van der Waals surface area contributed by atoms with Gasteiger partial charge in [-0.3, -0.25) is 4.79 Å². The van der Waals surface area contributed by atoms with Gasteiger partial charge in [-0.15, -0.1) is 0 Å². The van der Waals surface area contributed by atoms with Crippen LogP contribution in [0.3, 0.4) is 0 Å². The van der Waals surface area contributed by atoms with E-state index in [1.54, 1.807) is 36.4 Å². The Bertz CT molecular complexity index is 730. The summed E-state index contributed by atoms with van der Waals surface area (Å²) in [5, 5.41) is 8.34. The lowest BCUT2D eigenvalue weighted by Gasteiger charge is -2.09. The molecular weight excluding hydrogens is 345 g/mol. The van der Waals surface area contributed by atoms with E-state index in [1.807, 2.05) is 0 Å². The van der Waals surface area contributed by atoms with Gasteiger partial charge in [0.05, 0.1) is 0 Å². The monoisotopic (exact) mass is 371 g/mol. The van der Waals surface area contributed by atoms with E-state index in [4.69, 9.17) is 0 Å². The van der Waals surface area contributed by atoms with Crippen molar-refractivity contribution in [2.24, 2.45) is 0 Å². The maximum Gasteiger partial charge on any atom is 0.319 e. The molecule has 144 valence electrons. The van der Waals surface area contributed by atoms with Crippen LogP contribution >= 0.6 is 0 Å². The van der Waals surface area contributed by atoms with E-state index in [9.17, 15) is 14.0 Å². The van der Waals surface area contributed by atoms with Gasteiger partial charge in [-0.2, -0.15) is 0 Å². The van der Waals surface area contributed by atoms with Gasteiger partial charge in [0.2, 0.25) is 0 Å². The highest BCUT2D eigenvalue weighted by atomic mass is 19.1. The first kappa shape index (κ1) is 20.4. The number of carbonyl (C=O) groups excluding carboxylic acids is 2. The summed E-state index contributed by atoms with van der Waals surface area (Å²) < 4.78 is 12.9. The number of rotatable bonds is 9. The fraction of sp³-hybridized carbons (Fsp3) is 0.333. The van der Waals surface area contributed by atoms with Crippen molar-refractivity contribution in [1.82, 2.24) is 10.6 Å². The molecule has 5 nitrogen and oxygen atoms in total. The number of amides is 3. The van der Waals surface area contributed by atoms with E-state index in [0.29, 0.717) is 24.3 Å². The second-order valence-electron chi connectivity index (χ2n) is 6.33. The van der Waals surface area contributed by atoms with E-state index in [0.717, 1.165) is 24.8 Å². The first-order valence-corrected chi connectivity index (χ1v) is 9.26. The quantitative estimate of drug-likeness (QED) is 0.570. The van der Waals surface area contributed by atoms with E-state index < -0.39 is 0 Å². The Hall–Kier alpha value is -2.89. The molecule has 0 fully saturated rings. The number of benzene rings is 2. The summed E-state index contributed by atoms with van der Waals surface area (Å²) in [7, 11) is 0. The summed E-state index contributed by atoms with van der Waals surface area (Å²) in [6, 6.07) is 12.4. The number of anilines is 1. The standard InChI is InChI=1S/C21H26FN3O2/c1-2-3-4-5-14-23-21(27)25-19-12-8-17(9-13-19)20(26)24-15-16-6-10-18(22)11-7-16/h6-13H,2-5,14-15H2,1H3,(H,24,26)(H2,23,25,27). The average Bonchev–Trinajstić information content (AvgIpc) is 2.68.